The molecule has 1 N–H and O–H groups in total. The number of aliphatic hydroxyl groups is 1. The second-order valence-corrected chi connectivity index (χ2v) is 9.68. The topological polar surface area (TPSA) is 40.5 Å². The van der Waals surface area contributed by atoms with E-state index in [2.05, 4.69) is 56.9 Å². The summed E-state index contributed by atoms with van der Waals surface area (Å²) in [5.74, 6) is 6.34. The van der Waals surface area contributed by atoms with Crippen LogP contribution in [-0.4, -0.2) is 35.6 Å². The highest BCUT2D eigenvalue weighted by Crippen LogP contribution is 2.43. The minimum atomic E-state index is -0.925. The number of rotatable bonds is 7. The van der Waals surface area contributed by atoms with Crippen molar-refractivity contribution in [3.8, 4) is 11.8 Å². The summed E-state index contributed by atoms with van der Waals surface area (Å²) in [6, 6.07) is 8.68. The minimum Gasteiger partial charge on any atom is -0.378 e. The van der Waals surface area contributed by atoms with Crippen molar-refractivity contribution in [3.05, 3.63) is 56.3 Å². The van der Waals surface area contributed by atoms with Crippen molar-refractivity contribution in [2.24, 2.45) is 0 Å². The van der Waals surface area contributed by atoms with Gasteiger partial charge in [0, 0.05) is 30.0 Å². The highest BCUT2D eigenvalue weighted by molar-refractivity contribution is 7.14. The van der Waals surface area contributed by atoms with Crippen LogP contribution in [-0.2, 0) is 5.41 Å². The molecule has 0 saturated heterocycles. The zero-order valence-electron chi connectivity index (χ0n) is 20.3. The molecular formula is C27H37NO2S. The summed E-state index contributed by atoms with van der Waals surface area (Å²) >= 11 is 1.62. The highest BCUT2D eigenvalue weighted by Gasteiger charge is 2.34. The molecule has 0 atom stereocenters. The van der Waals surface area contributed by atoms with Crippen molar-refractivity contribution in [3.63, 3.8) is 0 Å². The summed E-state index contributed by atoms with van der Waals surface area (Å²) in [4.78, 5) is 16.3. The average Bonchev–Trinajstić information content (AvgIpc) is 3.15. The van der Waals surface area contributed by atoms with Crippen molar-refractivity contribution in [1.82, 2.24) is 4.90 Å². The third kappa shape index (κ3) is 5.05. The first kappa shape index (κ1) is 25.2. The van der Waals surface area contributed by atoms with Gasteiger partial charge in [-0.2, -0.15) is 0 Å². The Balaban J connectivity index is 2.54. The molecule has 0 saturated carbocycles. The lowest BCUT2D eigenvalue weighted by Gasteiger charge is -2.32. The number of aryl methyl sites for hydroxylation is 2. The Morgan fingerprint density at radius 1 is 1.00 bits per heavy atom. The first-order chi connectivity index (χ1) is 14.6. The second kappa shape index (κ2) is 10.0. The van der Waals surface area contributed by atoms with E-state index in [4.69, 9.17) is 0 Å². The Morgan fingerprint density at radius 2 is 1.61 bits per heavy atom. The van der Waals surface area contributed by atoms with E-state index in [1.165, 1.54) is 10.4 Å². The molecule has 0 unspecified atom stereocenters. The third-order valence-electron chi connectivity index (χ3n) is 6.58. The summed E-state index contributed by atoms with van der Waals surface area (Å²) in [6.07, 6.45) is 3.14. The summed E-state index contributed by atoms with van der Waals surface area (Å²) < 4.78 is 0. The van der Waals surface area contributed by atoms with E-state index in [0.29, 0.717) is 12.8 Å². The Kier molecular flexibility index (Phi) is 8.14. The molecule has 2 rings (SSSR count). The number of carbonyl (C=O) groups is 1. The molecule has 168 valence electrons. The molecule has 1 amide bonds. The van der Waals surface area contributed by atoms with Crippen LogP contribution in [0.25, 0.3) is 0 Å². The van der Waals surface area contributed by atoms with Gasteiger partial charge in [-0.25, -0.2) is 0 Å². The van der Waals surface area contributed by atoms with Gasteiger partial charge in [-0.3, -0.25) is 4.79 Å². The quantitative estimate of drug-likeness (QED) is 0.532. The fraction of sp³-hybridized carbons (Fsp3) is 0.519. The van der Waals surface area contributed by atoms with Crippen molar-refractivity contribution < 1.29 is 9.90 Å². The van der Waals surface area contributed by atoms with Gasteiger partial charge >= 0.3 is 0 Å². The summed E-state index contributed by atoms with van der Waals surface area (Å²) in [5, 5.41) is 10.5. The monoisotopic (exact) mass is 439 g/mol. The normalized spacial score (nSPS) is 11.8. The molecular weight excluding hydrogens is 402 g/mol. The number of hydrogen-bond donors (Lipinski definition) is 1. The molecule has 4 heteroatoms. The van der Waals surface area contributed by atoms with Crippen molar-refractivity contribution in [2.75, 3.05) is 14.1 Å². The number of carbonyl (C=O) groups excluding carboxylic acids is 1. The second-order valence-electron chi connectivity index (χ2n) is 8.63. The molecule has 0 aliphatic rings. The van der Waals surface area contributed by atoms with Gasteiger partial charge in [0.1, 0.15) is 5.60 Å². The number of nitrogens with zero attached hydrogens (tertiary/aromatic N) is 1. The van der Waals surface area contributed by atoms with Gasteiger partial charge in [0.15, 0.2) is 0 Å². The molecule has 0 fully saturated rings. The highest BCUT2D eigenvalue weighted by atomic mass is 32.1. The Morgan fingerprint density at radius 3 is 2.10 bits per heavy atom. The first-order valence-electron chi connectivity index (χ1n) is 11.3. The maximum atomic E-state index is 12.6. The predicted octanol–water partition coefficient (Wildman–Crippen LogP) is 6.08. The van der Waals surface area contributed by atoms with Gasteiger partial charge in [-0.05, 0) is 68.4 Å². The van der Waals surface area contributed by atoms with Gasteiger partial charge in [-0.1, -0.05) is 51.7 Å². The van der Waals surface area contributed by atoms with Crippen LogP contribution in [0.1, 0.15) is 90.2 Å². The fourth-order valence-corrected chi connectivity index (χ4v) is 5.54. The molecule has 3 nitrogen and oxygen atoms in total. The van der Waals surface area contributed by atoms with Crippen LogP contribution in [0.15, 0.2) is 24.3 Å². The van der Waals surface area contributed by atoms with E-state index in [1.807, 2.05) is 20.8 Å². The van der Waals surface area contributed by atoms with E-state index in [1.54, 1.807) is 30.3 Å². The predicted molar refractivity (Wildman–Crippen MR) is 132 cm³/mol. The lowest BCUT2D eigenvalue weighted by molar-refractivity contribution is 0.0831. The summed E-state index contributed by atoms with van der Waals surface area (Å²) in [6.45, 7) is 12.5. The number of hydrogen-bond acceptors (Lipinski definition) is 3. The molecule has 0 radical (unpaired) electrons. The number of thiophene rings is 1. The van der Waals surface area contributed by atoms with Gasteiger partial charge in [-0.15, -0.1) is 11.3 Å². The molecule has 1 heterocycles. The Bertz CT molecular complexity index is 982. The van der Waals surface area contributed by atoms with Crippen molar-refractivity contribution in [1.29, 1.82) is 0 Å². The molecule has 0 bridgehead atoms. The molecule has 0 aliphatic carbocycles. The zero-order valence-corrected chi connectivity index (χ0v) is 21.2. The number of benzene rings is 1. The Hall–Kier alpha value is -2.09. The maximum Gasteiger partial charge on any atom is 0.263 e. The largest absolute Gasteiger partial charge is 0.378 e. The van der Waals surface area contributed by atoms with Crippen LogP contribution in [0.5, 0.6) is 0 Å². The van der Waals surface area contributed by atoms with Gasteiger partial charge in [0.2, 0.25) is 0 Å². The third-order valence-corrected chi connectivity index (χ3v) is 8.00. The van der Waals surface area contributed by atoms with Crippen molar-refractivity contribution >= 4 is 17.2 Å². The van der Waals surface area contributed by atoms with Gasteiger partial charge < -0.3 is 10.0 Å². The summed E-state index contributed by atoms with van der Waals surface area (Å²) in [7, 11) is 3.60. The number of amides is 1. The van der Waals surface area contributed by atoms with Crippen LogP contribution in [0.3, 0.4) is 0 Å². The first-order valence-corrected chi connectivity index (χ1v) is 12.1. The molecule has 0 spiro atoms. The Labute approximate surface area is 192 Å². The smallest absolute Gasteiger partial charge is 0.263 e. The van der Waals surface area contributed by atoms with E-state index >= 15 is 0 Å². The van der Waals surface area contributed by atoms with E-state index in [0.717, 1.165) is 34.4 Å². The lowest BCUT2D eigenvalue weighted by atomic mass is 9.74. The standard InChI is InChI=1S/C27H37NO2S/c1-9-26(30,10-2)16-15-21-13-14-22(17-19(21)5)27(11-3,12-4)23-18-20(6)24(31-23)25(29)28(7)8/h13-14,17-18,30H,9-12H2,1-8H3. The lowest BCUT2D eigenvalue weighted by Crippen LogP contribution is -2.25. The molecule has 2 aromatic rings. The SMILES string of the molecule is CCC(O)(C#Cc1ccc(C(CC)(CC)c2cc(C)c(C(=O)N(C)C)s2)cc1C)CC. The maximum absolute atomic E-state index is 12.6. The molecule has 0 aliphatic heterocycles. The van der Waals surface area contributed by atoms with Gasteiger partial charge in [0.25, 0.3) is 5.91 Å². The van der Waals surface area contributed by atoms with Crippen LogP contribution < -0.4 is 0 Å². The molecule has 1 aromatic carbocycles. The van der Waals surface area contributed by atoms with Crippen LogP contribution in [0.2, 0.25) is 0 Å². The minimum absolute atomic E-state index is 0.0657. The molecule has 31 heavy (non-hydrogen) atoms. The van der Waals surface area contributed by atoms with Crippen LogP contribution >= 0.6 is 11.3 Å². The zero-order chi connectivity index (χ0) is 23.4. The van der Waals surface area contributed by atoms with Crippen molar-refractivity contribution in [2.45, 2.75) is 78.2 Å². The van der Waals surface area contributed by atoms with Gasteiger partial charge in [0.05, 0.1) is 4.88 Å². The average molecular weight is 440 g/mol. The van der Waals surface area contributed by atoms with E-state index < -0.39 is 5.60 Å². The van der Waals surface area contributed by atoms with Crippen LogP contribution in [0.4, 0.5) is 0 Å². The molecule has 1 aromatic heterocycles. The van der Waals surface area contributed by atoms with E-state index in [-0.39, 0.29) is 11.3 Å². The fourth-order valence-electron chi connectivity index (χ4n) is 3.99. The summed E-state index contributed by atoms with van der Waals surface area (Å²) in [5.41, 5.74) is 3.31. The van der Waals surface area contributed by atoms with E-state index in [9.17, 15) is 9.90 Å². The van der Waals surface area contributed by atoms with Crippen LogP contribution in [0, 0.1) is 25.7 Å².